The van der Waals surface area contributed by atoms with Crippen LogP contribution in [0.15, 0.2) is 59.6 Å². The number of sulfonamides is 1. The third kappa shape index (κ3) is 8.37. The number of aliphatic hydroxyl groups excluding tert-OH is 1. The van der Waals surface area contributed by atoms with Crippen molar-refractivity contribution in [2.24, 2.45) is 0 Å². The lowest BCUT2D eigenvalue weighted by molar-refractivity contribution is -0.275. The Labute approximate surface area is 266 Å². The first kappa shape index (κ1) is 34.1. The lowest BCUT2D eigenvalue weighted by atomic mass is 10.1. The van der Waals surface area contributed by atoms with Gasteiger partial charge in [-0.25, -0.2) is 18.4 Å². The highest BCUT2D eigenvalue weighted by Crippen LogP contribution is 2.32. The van der Waals surface area contributed by atoms with Crippen LogP contribution >= 0.6 is 11.3 Å². The number of hydrogen-bond donors (Lipinski definition) is 2. The van der Waals surface area contributed by atoms with E-state index in [1.54, 1.807) is 4.90 Å². The van der Waals surface area contributed by atoms with E-state index in [0.29, 0.717) is 15.4 Å². The number of benzene rings is 2. The highest BCUT2D eigenvalue weighted by atomic mass is 32.2. The van der Waals surface area contributed by atoms with E-state index < -0.39 is 52.3 Å². The first-order valence-electron chi connectivity index (χ1n) is 13.5. The second kappa shape index (κ2) is 13.1. The summed E-state index contributed by atoms with van der Waals surface area (Å²) in [4.78, 5) is 27.6. The number of halogens is 6. The molecule has 2 aromatic carbocycles. The van der Waals surface area contributed by atoms with Crippen molar-refractivity contribution in [2.45, 2.75) is 43.2 Å². The summed E-state index contributed by atoms with van der Waals surface area (Å²) in [6.07, 6.45) is -9.35. The van der Waals surface area contributed by atoms with Gasteiger partial charge in [-0.15, -0.1) is 26.3 Å². The van der Waals surface area contributed by atoms with Crippen LogP contribution in [0, 0.1) is 0 Å². The van der Waals surface area contributed by atoms with Gasteiger partial charge in [-0.2, -0.15) is 9.29 Å². The van der Waals surface area contributed by atoms with Crippen molar-refractivity contribution in [3.8, 4) is 11.5 Å². The quantitative estimate of drug-likeness (QED) is 0.244. The molecule has 20 heteroatoms. The molecule has 252 valence electrons. The van der Waals surface area contributed by atoms with Crippen molar-refractivity contribution in [3.05, 3.63) is 66.1 Å². The molecule has 12 nitrogen and oxygen atoms in total. The monoisotopic (exact) mass is 706 g/mol. The van der Waals surface area contributed by atoms with Crippen LogP contribution in [-0.2, 0) is 21.4 Å². The number of carbonyl (C=O) groups is 1. The van der Waals surface area contributed by atoms with Crippen LogP contribution in [0.3, 0.4) is 0 Å². The number of anilines is 1. The zero-order valence-electron chi connectivity index (χ0n) is 24.0. The van der Waals surface area contributed by atoms with Crippen LogP contribution in [0.1, 0.15) is 24.4 Å². The Kier molecular flexibility index (Phi) is 9.49. The van der Waals surface area contributed by atoms with E-state index in [1.165, 1.54) is 36.6 Å². The fourth-order valence-electron chi connectivity index (χ4n) is 4.58. The number of amides is 1. The van der Waals surface area contributed by atoms with Crippen molar-refractivity contribution >= 4 is 42.7 Å². The molecule has 0 radical (unpaired) electrons. The van der Waals surface area contributed by atoms with Crippen LogP contribution in [0.4, 0.5) is 31.5 Å². The SMILES string of the molecule is C[C@@H](O)c1ncc2sc(N3CCN(S(=O)(=O)c4ccc(OC(F)(F)F)cc4)C(C(=O)NCc4ccc(OC(F)(F)F)cc4)C3)nc2n1. The van der Waals surface area contributed by atoms with Gasteiger partial charge in [0, 0.05) is 26.2 Å². The summed E-state index contributed by atoms with van der Waals surface area (Å²) in [5.74, 6) is -1.73. The van der Waals surface area contributed by atoms with E-state index in [-0.39, 0.29) is 42.5 Å². The Morgan fingerprint density at radius 2 is 1.60 bits per heavy atom. The van der Waals surface area contributed by atoms with E-state index in [2.05, 4.69) is 29.7 Å². The highest BCUT2D eigenvalue weighted by Gasteiger charge is 2.41. The van der Waals surface area contributed by atoms with Crippen molar-refractivity contribution in [1.82, 2.24) is 24.6 Å². The number of carbonyl (C=O) groups excluding carboxylic acids is 1. The molecule has 1 unspecified atom stereocenters. The average molecular weight is 707 g/mol. The lowest BCUT2D eigenvalue weighted by Crippen LogP contribution is -2.60. The number of aromatic nitrogens is 3. The predicted octanol–water partition coefficient (Wildman–Crippen LogP) is 4.13. The van der Waals surface area contributed by atoms with Crippen molar-refractivity contribution in [2.75, 3.05) is 24.5 Å². The summed E-state index contributed by atoms with van der Waals surface area (Å²) in [6, 6.07) is 6.83. The van der Waals surface area contributed by atoms with E-state index in [1.807, 2.05) is 0 Å². The molecule has 1 aliphatic rings. The van der Waals surface area contributed by atoms with Gasteiger partial charge in [0.15, 0.2) is 16.6 Å². The maximum Gasteiger partial charge on any atom is 0.573 e. The van der Waals surface area contributed by atoms with Gasteiger partial charge in [-0.1, -0.05) is 23.5 Å². The first-order chi connectivity index (χ1) is 22.0. The number of alkyl halides is 6. The molecule has 1 fully saturated rings. The molecule has 2 N–H and O–H groups in total. The Morgan fingerprint density at radius 3 is 2.17 bits per heavy atom. The van der Waals surface area contributed by atoms with Crippen LogP contribution in [-0.4, -0.2) is 77.1 Å². The predicted molar refractivity (Wildman–Crippen MR) is 154 cm³/mol. The zero-order valence-corrected chi connectivity index (χ0v) is 25.6. The third-order valence-corrected chi connectivity index (χ3v) is 9.69. The topological polar surface area (TPSA) is 147 Å². The van der Waals surface area contributed by atoms with Crippen LogP contribution < -0.4 is 19.7 Å². The number of rotatable bonds is 9. The molecule has 2 aromatic heterocycles. The van der Waals surface area contributed by atoms with Gasteiger partial charge in [0.2, 0.25) is 15.9 Å². The molecular formula is C27H24F6N6O6S2. The van der Waals surface area contributed by atoms with E-state index in [4.69, 9.17) is 0 Å². The van der Waals surface area contributed by atoms with E-state index >= 15 is 0 Å². The summed E-state index contributed by atoms with van der Waals surface area (Å²) in [6.45, 7) is 0.937. The van der Waals surface area contributed by atoms with Gasteiger partial charge in [0.1, 0.15) is 23.6 Å². The number of ether oxygens (including phenoxy) is 2. The van der Waals surface area contributed by atoms with Crippen molar-refractivity contribution in [1.29, 1.82) is 0 Å². The fraction of sp³-hybridized carbons (Fsp3) is 0.333. The molecule has 2 atom stereocenters. The molecule has 0 spiro atoms. The lowest BCUT2D eigenvalue weighted by Gasteiger charge is -2.39. The van der Waals surface area contributed by atoms with Gasteiger partial charge in [0.25, 0.3) is 0 Å². The number of fused-ring (bicyclic) bond motifs is 1. The number of nitrogens with zero attached hydrogens (tertiary/aromatic N) is 5. The van der Waals surface area contributed by atoms with Crippen molar-refractivity contribution < 1.29 is 54.1 Å². The molecule has 1 saturated heterocycles. The Morgan fingerprint density at radius 1 is 1.00 bits per heavy atom. The third-order valence-electron chi connectivity index (χ3n) is 6.72. The molecule has 47 heavy (non-hydrogen) atoms. The minimum Gasteiger partial charge on any atom is -0.406 e. The van der Waals surface area contributed by atoms with Gasteiger partial charge in [-0.05, 0) is 48.9 Å². The molecular weight excluding hydrogens is 682 g/mol. The van der Waals surface area contributed by atoms with E-state index in [0.717, 1.165) is 40.7 Å². The minimum atomic E-state index is -4.99. The average Bonchev–Trinajstić information content (AvgIpc) is 3.43. The Balaban J connectivity index is 1.39. The molecule has 5 rings (SSSR count). The zero-order chi connectivity index (χ0) is 34.1. The number of piperazine rings is 1. The number of hydrogen-bond acceptors (Lipinski definition) is 11. The maximum atomic E-state index is 13.7. The molecule has 0 saturated carbocycles. The number of nitrogens with one attached hydrogen (secondary N) is 1. The normalized spacial score (nSPS) is 17.0. The summed E-state index contributed by atoms with van der Waals surface area (Å²) in [7, 11) is -4.45. The smallest absolute Gasteiger partial charge is 0.406 e. The van der Waals surface area contributed by atoms with Crippen molar-refractivity contribution in [3.63, 3.8) is 0 Å². The van der Waals surface area contributed by atoms with Crippen LogP contribution in [0.5, 0.6) is 11.5 Å². The standard InChI is InChI=1S/C27H24F6N6O6S2/c1-15(40)22-34-13-21-23(36-22)37-25(46-21)38-10-11-39(47(42,43)19-8-6-18(7-9-19)45-27(31,32)33)20(14-38)24(41)35-12-16-2-4-17(5-3-16)44-26(28,29)30/h2-9,13,15,20,40H,10-12,14H2,1H3,(H,35,41)/t15-,20?/m1/s1. The van der Waals surface area contributed by atoms with Crippen LogP contribution in [0.2, 0.25) is 0 Å². The second-order valence-electron chi connectivity index (χ2n) is 10.1. The summed E-state index contributed by atoms with van der Waals surface area (Å²) in [5, 5.41) is 12.8. The molecule has 4 aromatic rings. The maximum absolute atomic E-state index is 13.7. The number of aliphatic hydroxyl groups is 1. The van der Waals surface area contributed by atoms with Gasteiger partial charge in [0.05, 0.1) is 15.8 Å². The Hall–Kier alpha value is -4.27. The summed E-state index contributed by atoms with van der Waals surface area (Å²) >= 11 is 1.18. The van der Waals surface area contributed by atoms with E-state index in [9.17, 15) is 44.7 Å². The van der Waals surface area contributed by atoms with Gasteiger partial charge in [-0.3, -0.25) is 4.79 Å². The fourth-order valence-corrected chi connectivity index (χ4v) is 7.06. The van der Waals surface area contributed by atoms with Gasteiger partial charge >= 0.3 is 12.7 Å². The second-order valence-corrected chi connectivity index (χ2v) is 13.0. The largest absolute Gasteiger partial charge is 0.573 e. The van der Waals surface area contributed by atoms with Gasteiger partial charge < -0.3 is 24.8 Å². The Bertz CT molecular complexity index is 1840. The molecule has 3 heterocycles. The molecule has 1 aliphatic heterocycles. The highest BCUT2D eigenvalue weighted by molar-refractivity contribution is 7.89. The minimum absolute atomic E-state index is 0.0649. The number of thiazole rings is 1. The van der Waals surface area contributed by atoms with Crippen LogP contribution in [0.25, 0.3) is 10.3 Å². The molecule has 0 aliphatic carbocycles. The first-order valence-corrected chi connectivity index (χ1v) is 15.8. The summed E-state index contributed by atoms with van der Waals surface area (Å²) < 4.78 is 112. The molecule has 1 amide bonds. The molecule has 0 bridgehead atoms. The summed E-state index contributed by atoms with van der Waals surface area (Å²) in [5.41, 5.74) is 0.667.